The largest absolute Gasteiger partial charge is 0.397 e. The zero-order chi connectivity index (χ0) is 10.8. The molecule has 0 aliphatic rings. The topological polar surface area (TPSA) is 80.9 Å². The summed E-state index contributed by atoms with van der Waals surface area (Å²) < 4.78 is 0. The van der Waals surface area contributed by atoms with Crippen LogP contribution in [0.3, 0.4) is 0 Å². The van der Waals surface area contributed by atoms with E-state index in [4.69, 9.17) is 20.4 Å². The molecular formula is C8H24HfO4. The molecule has 0 heterocycles. The van der Waals surface area contributed by atoms with Crippen molar-refractivity contribution in [2.24, 2.45) is 0 Å². The monoisotopic (exact) mass is 364 g/mol. The van der Waals surface area contributed by atoms with Gasteiger partial charge in [0.05, 0.1) is 0 Å². The Labute approximate surface area is 100 Å². The molecule has 0 spiro atoms. The summed E-state index contributed by atoms with van der Waals surface area (Å²) in [5, 5.41) is 30.3. The molecule has 84 valence electrons. The van der Waals surface area contributed by atoms with E-state index in [1.54, 1.807) is 27.7 Å². The van der Waals surface area contributed by atoms with Crippen molar-refractivity contribution in [1.29, 1.82) is 0 Å². The minimum absolute atomic E-state index is 0. The predicted octanol–water partition coefficient (Wildman–Crippen LogP) is -0.00810. The average Bonchev–Trinajstić information content (AvgIpc) is 1.92. The van der Waals surface area contributed by atoms with Gasteiger partial charge in [0.15, 0.2) is 0 Å². The summed E-state index contributed by atoms with van der Waals surface area (Å²) >= 11 is 0. The number of hydrogen-bond donors (Lipinski definition) is 4. The van der Waals surface area contributed by atoms with Gasteiger partial charge in [-0.3, -0.25) is 0 Å². The molecule has 0 saturated carbocycles. The van der Waals surface area contributed by atoms with Crippen LogP contribution in [0.5, 0.6) is 0 Å². The van der Waals surface area contributed by atoms with Crippen molar-refractivity contribution in [2.45, 2.75) is 27.7 Å². The quantitative estimate of drug-likeness (QED) is 0.457. The summed E-state index contributed by atoms with van der Waals surface area (Å²) in [5.74, 6) is 0. The Kier molecular flexibility index (Phi) is 176. The Hall–Kier alpha value is 0.710. The van der Waals surface area contributed by atoms with Gasteiger partial charge in [0.2, 0.25) is 0 Å². The summed E-state index contributed by atoms with van der Waals surface area (Å²) in [6.07, 6.45) is 0. The molecule has 5 heteroatoms. The molecule has 4 nitrogen and oxygen atoms in total. The first kappa shape index (κ1) is 29.2. The van der Waals surface area contributed by atoms with Gasteiger partial charge in [-0.1, -0.05) is 0 Å². The number of rotatable bonds is 0. The summed E-state index contributed by atoms with van der Waals surface area (Å²) in [6.45, 7) is 7.72. The van der Waals surface area contributed by atoms with Crippen LogP contribution in [-0.2, 0) is 25.8 Å². The van der Waals surface area contributed by atoms with Crippen LogP contribution in [0.15, 0.2) is 0 Å². The minimum Gasteiger partial charge on any atom is -0.397 e. The van der Waals surface area contributed by atoms with E-state index >= 15 is 0 Å². The molecule has 0 rings (SSSR count). The van der Waals surface area contributed by atoms with Crippen LogP contribution >= 0.6 is 0 Å². The Bertz CT molecular complexity index is 24.1. The molecule has 0 bridgehead atoms. The van der Waals surface area contributed by atoms with E-state index in [0.717, 1.165) is 0 Å². The van der Waals surface area contributed by atoms with E-state index in [-0.39, 0.29) is 52.3 Å². The van der Waals surface area contributed by atoms with E-state index in [1.807, 2.05) is 0 Å². The number of aliphatic hydroxyl groups is 4. The third-order valence-corrected chi connectivity index (χ3v) is 0. The van der Waals surface area contributed by atoms with Crippen LogP contribution < -0.4 is 0 Å². The van der Waals surface area contributed by atoms with Crippen molar-refractivity contribution in [1.82, 2.24) is 0 Å². The molecule has 0 aromatic rings. The second-order valence-electron chi connectivity index (χ2n) is 1.26. The number of hydrogen-bond acceptors (Lipinski definition) is 4. The van der Waals surface area contributed by atoms with Gasteiger partial charge >= 0.3 is 0 Å². The SMILES string of the molecule is CCO.CCO.CCO.CCO.[Hf]. The molecule has 0 atom stereocenters. The van der Waals surface area contributed by atoms with E-state index < -0.39 is 0 Å². The Morgan fingerprint density at radius 1 is 0.538 bits per heavy atom. The maximum atomic E-state index is 7.57. The van der Waals surface area contributed by atoms with E-state index in [9.17, 15) is 0 Å². The Morgan fingerprint density at radius 2 is 0.538 bits per heavy atom. The van der Waals surface area contributed by atoms with E-state index in [1.165, 1.54) is 0 Å². The molecule has 0 aromatic heterocycles. The fraction of sp³-hybridized carbons (Fsp3) is 1.00. The molecule has 0 unspecified atom stereocenters. The van der Waals surface area contributed by atoms with Crippen LogP contribution in [0.25, 0.3) is 0 Å². The first-order valence-electron chi connectivity index (χ1n) is 4.09. The summed E-state index contributed by atoms with van der Waals surface area (Å²) in [6, 6.07) is 0. The zero-order valence-electron chi connectivity index (χ0n) is 9.12. The normalized spacial score (nSPS) is 5.54. The second kappa shape index (κ2) is 78.6. The van der Waals surface area contributed by atoms with Gasteiger partial charge in [0, 0.05) is 52.3 Å². The molecule has 0 radical (unpaired) electrons. The maximum absolute atomic E-state index is 7.57. The van der Waals surface area contributed by atoms with Gasteiger partial charge < -0.3 is 20.4 Å². The fourth-order valence-electron chi connectivity index (χ4n) is 0. The van der Waals surface area contributed by atoms with Crippen LogP contribution in [0.2, 0.25) is 0 Å². The van der Waals surface area contributed by atoms with Gasteiger partial charge in [0.1, 0.15) is 0 Å². The summed E-state index contributed by atoms with van der Waals surface area (Å²) in [4.78, 5) is 0. The van der Waals surface area contributed by atoms with Crippen LogP contribution in [0, 0.1) is 0 Å². The first-order chi connectivity index (χ1) is 5.66. The molecule has 0 aliphatic heterocycles. The molecule has 0 amide bonds. The Morgan fingerprint density at radius 3 is 0.538 bits per heavy atom. The van der Waals surface area contributed by atoms with Crippen LogP contribution in [0.4, 0.5) is 0 Å². The Balaban J connectivity index is -0.0000000213. The molecule has 4 N–H and O–H groups in total. The maximum Gasteiger partial charge on any atom is 0.0402 e. The van der Waals surface area contributed by atoms with E-state index in [2.05, 4.69) is 0 Å². The molecule has 0 fully saturated rings. The van der Waals surface area contributed by atoms with Gasteiger partial charge in [-0.05, 0) is 27.7 Å². The van der Waals surface area contributed by atoms with E-state index in [0.29, 0.717) is 0 Å². The number of aliphatic hydroxyl groups excluding tert-OH is 4. The third-order valence-electron chi connectivity index (χ3n) is 0. The van der Waals surface area contributed by atoms with Crippen molar-refractivity contribution >= 4 is 0 Å². The van der Waals surface area contributed by atoms with Crippen molar-refractivity contribution < 1.29 is 46.3 Å². The molecule has 0 aromatic carbocycles. The molecule has 0 saturated heterocycles. The first-order valence-corrected chi connectivity index (χ1v) is 4.09. The summed E-state index contributed by atoms with van der Waals surface area (Å²) in [7, 11) is 0. The van der Waals surface area contributed by atoms with Crippen molar-refractivity contribution in [2.75, 3.05) is 26.4 Å². The molecular weight excluding hydrogens is 339 g/mol. The standard InChI is InChI=1S/4C2H6O.Hf/c4*1-2-3;/h4*3H,2H2,1H3;. The van der Waals surface area contributed by atoms with Gasteiger partial charge in [-0.2, -0.15) is 0 Å². The average molecular weight is 363 g/mol. The molecule has 0 aliphatic carbocycles. The van der Waals surface area contributed by atoms with Crippen molar-refractivity contribution in [3.05, 3.63) is 0 Å². The molecule has 13 heavy (non-hydrogen) atoms. The summed E-state index contributed by atoms with van der Waals surface area (Å²) in [5.41, 5.74) is 0. The smallest absolute Gasteiger partial charge is 0.0402 e. The van der Waals surface area contributed by atoms with Gasteiger partial charge in [0.25, 0.3) is 0 Å². The van der Waals surface area contributed by atoms with Crippen molar-refractivity contribution in [3.63, 3.8) is 0 Å². The van der Waals surface area contributed by atoms with Gasteiger partial charge in [-0.25, -0.2) is 0 Å². The third kappa shape index (κ3) is 2890. The van der Waals surface area contributed by atoms with Crippen LogP contribution in [-0.4, -0.2) is 46.9 Å². The minimum atomic E-state index is 0. The van der Waals surface area contributed by atoms with Crippen molar-refractivity contribution in [3.8, 4) is 0 Å². The predicted molar refractivity (Wildman–Crippen MR) is 51.0 cm³/mol. The zero-order valence-corrected chi connectivity index (χ0v) is 12.7. The van der Waals surface area contributed by atoms with Crippen LogP contribution in [0.1, 0.15) is 27.7 Å². The fourth-order valence-corrected chi connectivity index (χ4v) is 0. The second-order valence-corrected chi connectivity index (χ2v) is 1.26. The van der Waals surface area contributed by atoms with Gasteiger partial charge in [-0.15, -0.1) is 0 Å².